The van der Waals surface area contributed by atoms with Gasteiger partial charge in [-0.3, -0.25) is 4.99 Å². The van der Waals surface area contributed by atoms with Crippen molar-refractivity contribution in [2.24, 2.45) is 4.99 Å². The Balaban J connectivity index is 1.74. The monoisotopic (exact) mass is 223 g/mol. The highest BCUT2D eigenvalue weighted by atomic mass is 15.2. The zero-order chi connectivity index (χ0) is 11.2. The van der Waals surface area contributed by atoms with E-state index in [9.17, 15) is 0 Å². The van der Waals surface area contributed by atoms with Crippen molar-refractivity contribution in [2.45, 2.75) is 51.0 Å². The molecule has 1 saturated heterocycles. The number of aliphatic imine (C=N–C) groups is 1. The molecule has 1 atom stereocenters. The molecule has 0 aliphatic carbocycles. The first kappa shape index (κ1) is 11.9. The molecular weight excluding hydrogens is 198 g/mol. The number of amidine groups is 1. The van der Waals surface area contributed by atoms with Crippen LogP contribution in [-0.2, 0) is 0 Å². The summed E-state index contributed by atoms with van der Waals surface area (Å²) in [5.41, 5.74) is 0. The lowest BCUT2D eigenvalue weighted by Crippen LogP contribution is -2.44. The minimum atomic E-state index is 0.722. The van der Waals surface area contributed by atoms with Gasteiger partial charge in [0.05, 0.1) is 5.84 Å². The maximum atomic E-state index is 4.62. The molecule has 0 amide bonds. The quantitative estimate of drug-likeness (QED) is 0.775. The van der Waals surface area contributed by atoms with Crippen molar-refractivity contribution in [1.29, 1.82) is 0 Å². The van der Waals surface area contributed by atoms with Crippen molar-refractivity contribution in [3.05, 3.63) is 0 Å². The van der Waals surface area contributed by atoms with E-state index in [1.807, 2.05) is 0 Å². The third kappa shape index (κ3) is 3.48. The molecule has 0 spiro atoms. The molecule has 1 unspecified atom stereocenters. The van der Waals surface area contributed by atoms with E-state index in [4.69, 9.17) is 0 Å². The fourth-order valence-corrected chi connectivity index (χ4v) is 2.66. The number of hydrogen-bond donors (Lipinski definition) is 1. The molecule has 1 N–H and O–H groups in total. The highest BCUT2D eigenvalue weighted by Gasteiger charge is 2.18. The van der Waals surface area contributed by atoms with Crippen LogP contribution < -0.4 is 5.32 Å². The molecular formula is C13H25N3. The summed E-state index contributed by atoms with van der Waals surface area (Å²) in [6.45, 7) is 3.39. The normalized spacial score (nSPS) is 28.3. The molecule has 2 aliphatic heterocycles. The van der Waals surface area contributed by atoms with Crippen molar-refractivity contribution < 1.29 is 0 Å². The minimum Gasteiger partial charge on any atom is -0.372 e. The fraction of sp³-hybridized carbons (Fsp3) is 0.923. The van der Waals surface area contributed by atoms with Crippen LogP contribution in [0.1, 0.15) is 44.9 Å². The summed E-state index contributed by atoms with van der Waals surface area (Å²) in [5, 5.41) is 3.57. The minimum absolute atomic E-state index is 0.722. The number of piperidine rings is 1. The van der Waals surface area contributed by atoms with E-state index >= 15 is 0 Å². The van der Waals surface area contributed by atoms with Gasteiger partial charge in [-0.2, -0.15) is 0 Å². The SMILES string of the molecule is CN1CCCCC1CNC1=NCCCCC1. The number of nitrogens with one attached hydrogen (secondary N) is 1. The van der Waals surface area contributed by atoms with Gasteiger partial charge in [0, 0.05) is 25.6 Å². The van der Waals surface area contributed by atoms with E-state index in [1.54, 1.807) is 0 Å². The largest absolute Gasteiger partial charge is 0.372 e. The van der Waals surface area contributed by atoms with Crippen LogP contribution in [0.2, 0.25) is 0 Å². The first-order chi connectivity index (χ1) is 7.86. The Kier molecular flexibility index (Phi) is 4.64. The Morgan fingerprint density at radius 1 is 1.25 bits per heavy atom. The zero-order valence-corrected chi connectivity index (χ0v) is 10.5. The molecule has 92 valence electrons. The Hall–Kier alpha value is -0.570. The van der Waals surface area contributed by atoms with E-state index in [1.165, 1.54) is 50.9 Å². The molecule has 16 heavy (non-hydrogen) atoms. The van der Waals surface area contributed by atoms with E-state index in [0.29, 0.717) is 0 Å². The van der Waals surface area contributed by atoms with Crippen LogP contribution >= 0.6 is 0 Å². The first-order valence-corrected chi connectivity index (χ1v) is 6.84. The number of likely N-dealkylation sites (N-methyl/N-ethyl adjacent to an activating group) is 1. The Labute approximate surface area is 99.3 Å². The van der Waals surface area contributed by atoms with E-state index in [0.717, 1.165) is 25.6 Å². The van der Waals surface area contributed by atoms with Crippen molar-refractivity contribution in [1.82, 2.24) is 10.2 Å². The number of hydrogen-bond acceptors (Lipinski definition) is 3. The van der Waals surface area contributed by atoms with Crippen LogP contribution in [0.5, 0.6) is 0 Å². The molecule has 2 heterocycles. The lowest BCUT2D eigenvalue weighted by Gasteiger charge is -2.32. The second kappa shape index (κ2) is 6.24. The maximum Gasteiger partial charge on any atom is 0.0963 e. The molecule has 2 rings (SSSR count). The average Bonchev–Trinajstić information content (AvgIpc) is 2.56. The number of rotatable bonds is 2. The topological polar surface area (TPSA) is 27.6 Å². The molecule has 0 aromatic rings. The van der Waals surface area contributed by atoms with Crippen LogP contribution in [-0.4, -0.2) is 43.5 Å². The summed E-state index contributed by atoms with van der Waals surface area (Å²) in [6.07, 6.45) is 9.20. The molecule has 0 aromatic heterocycles. The van der Waals surface area contributed by atoms with Gasteiger partial charge in [0.25, 0.3) is 0 Å². The predicted molar refractivity (Wildman–Crippen MR) is 69.0 cm³/mol. The molecule has 3 nitrogen and oxygen atoms in total. The third-order valence-electron chi connectivity index (χ3n) is 3.84. The van der Waals surface area contributed by atoms with Gasteiger partial charge < -0.3 is 10.2 Å². The first-order valence-electron chi connectivity index (χ1n) is 6.84. The van der Waals surface area contributed by atoms with Crippen molar-refractivity contribution >= 4 is 5.84 Å². The lowest BCUT2D eigenvalue weighted by atomic mass is 10.0. The van der Waals surface area contributed by atoms with Crippen molar-refractivity contribution in [3.8, 4) is 0 Å². The van der Waals surface area contributed by atoms with Crippen LogP contribution in [0.3, 0.4) is 0 Å². The van der Waals surface area contributed by atoms with Crippen molar-refractivity contribution in [2.75, 3.05) is 26.7 Å². The van der Waals surface area contributed by atoms with Gasteiger partial charge in [-0.05, 0) is 39.3 Å². The Morgan fingerprint density at radius 3 is 3.06 bits per heavy atom. The van der Waals surface area contributed by atoms with Gasteiger partial charge >= 0.3 is 0 Å². The Bertz CT molecular complexity index is 237. The molecule has 2 aliphatic rings. The van der Waals surface area contributed by atoms with Gasteiger partial charge in [0.1, 0.15) is 0 Å². The summed E-state index contributed by atoms with van der Waals surface area (Å²) in [4.78, 5) is 7.11. The molecule has 3 heteroatoms. The molecule has 0 bridgehead atoms. The molecule has 0 radical (unpaired) electrons. The molecule has 1 fully saturated rings. The van der Waals surface area contributed by atoms with Gasteiger partial charge in [-0.1, -0.05) is 12.8 Å². The van der Waals surface area contributed by atoms with Crippen molar-refractivity contribution in [3.63, 3.8) is 0 Å². The summed E-state index contributed by atoms with van der Waals surface area (Å²) in [5.74, 6) is 1.26. The van der Waals surface area contributed by atoms with Crippen LogP contribution in [0.15, 0.2) is 4.99 Å². The lowest BCUT2D eigenvalue weighted by molar-refractivity contribution is 0.186. The van der Waals surface area contributed by atoms with Crippen LogP contribution in [0, 0.1) is 0 Å². The van der Waals surface area contributed by atoms with Crippen LogP contribution in [0.4, 0.5) is 0 Å². The second-order valence-electron chi connectivity index (χ2n) is 5.15. The maximum absolute atomic E-state index is 4.62. The highest BCUT2D eigenvalue weighted by molar-refractivity contribution is 5.82. The van der Waals surface area contributed by atoms with E-state index in [-0.39, 0.29) is 0 Å². The van der Waals surface area contributed by atoms with E-state index < -0.39 is 0 Å². The summed E-state index contributed by atoms with van der Waals surface area (Å²) < 4.78 is 0. The summed E-state index contributed by atoms with van der Waals surface area (Å²) in [7, 11) is 2.25. The number of likely N-dealkylation sites (tertiary alicyclic amines) is 1. The fourth-order valence-electron chi connectivity index (χ4n) is 2.66. The average molecular weight is 223 g/mol. The highest BCUT2D eigenvalue weighted by Crippen LogP contribution is 2.14. The zero-order valence-electron chi connectivity index (χ0n) is 10.5. The molecule has 0 saturated carbocycles. The third-order valence-corrected chi connectivity index (χ3v) is 3.84. The summed E-state index contributed by atoms with van der Waals surface area (Å²) >= 11 is 0. The predicted octanol–water partition coefficient (Wildman–Crippen LogP) is 2.03. The smallest absolute Gasteiger partial charge is 0.0963 e. The number of nitrogens with zero attached hydrogens (tertiary/aromatic N) is 2. The van der Waals surface area contributed by atoms with Gasteiger partial charge in [-0.15, -0.1) is 0 Å². The molecule has 0 aromatic carbocycles. The van der Waals surface area contributed by atoms with Crippen LogP contribution in [0.25, 0.3) is 0 Å². The van der Waals surface area contributed by atoms with Gasteiger partial charge in [0.2, 0.25) is 0 Å². The summed E-state index contributed by atoms with van der Waals surface area (Å²) in [6, 6.07) is 0.722. The standard InChI is InChI=1S/C13H25N3/c1-16-10-6-4-7-12(16)11-15-13-8-3-2-5-9-14-13/h12H,2-11H2,1H3,(H,14,15). The Morgan fingerprint density at radius 2 is 2.19 bits per heavy atom. The van der Waals surface area contributed by atoms with E-state index in [2.05, 4.69) is 22.3 Å². The second-order valence-corrected chi connectivity index (χ2v) is 5.15. The van der Waals surface area contributed by atoms with Gasteiger partial charge in [-0.25, -0.2) is 0 Å². The van der Waals surface area contributed by atoms with Gasteiger partial charge in [0.15, 0.2) is 0 Å².